The van der Waals surface area contributed by atoms with Crippen LogP contribution in [0.1, 0.15) is 30.0 Å². The molecule has 2 aromatic carbocycles. The highest BCUT2D eigenvalue weighted by molar-refractivity contribution is 5.95. The molecule has 0 spiro atoms. The fourth-order valence-electron chi connectivity index (χ4n) is 2.73. The lowest BCUT2D eigenvalue weighted by Gasteiger charge is -2.18. The van der Waals surface area contributed by atoms with Crippen LogP contribution < -0.4 is 15.4 Å². The molecule has 0 saturated heterocycles. The first-order valence-electron chi connectivity index (χ1n) is 8.54. The Hall–Kier alpha value is -2.82. The van der Waals surface area contributed by atoms with E-state index in [2.05, 4.69) is 41.8 Å². The molecule has 5 heteroatoms. The molecule has 2 N–H and O–H groups in total. The molecule has 0 atom stereocenters. The van der Waals surface area contributed by atoms with Crippen molar-refractivity contribution in [3.63, 3.8) is 0 Å². The third-order valence-electron chi connectivity index (χ3n) is 4.24. The van der Waals surface area contributed by atoms with Crippen LogP contribution in [-0.4, -0.2) is 18.4 Å². The van der Waals surface area contributed by atoms with Crippen LogP contribution in [0.3, 0.4) is 0 Å². The average Bonchev–Trinajstić information content (AvgIpc) is 2.64. The van der Waals surface area contributed by atoms with Gasteiger partial charge in [-0.2, -0.15) is 0 Å². The van der Waals surface area contributed by atoms with Crippen molar-refractivity contribution in [1.82, 2.24) is 5.32 Å². The van der Waals surface area contributed by atoms with E-state index in [4.69, 9.17) is 4.74 Å². The Bertz CT molecular complexity index is 769. The summed E-state index contributed by atoms with van der Waals surface area (Å²) in [4.78, 5) is 23.4. The molecule has 0 fully saturated rings. The predicted molar refractivity (Wildman–Crippen MR) is 96.6 cm³/mol. The van der Waals surface area contributed by atoms with Gasteiger partial charge in [0, 0.05) is 13.0 Å². The molecule has 2 aromatic rings. The normalized spacial score (nSPS) is 12.8. The summed E-state index contributed by atoms with van der Waals surface area (Å²) in [6.07, 6.45) is 2.20. The molecule has 0 saturated carbocycles. The summed E-state index contributed by atoms with van der Waals surface area (Å²) in [5, 5.41) is 5.68. The second kappa shape index (κ2) is 7.83. The molecule has 1 aliphatic heterocycles. The zero-order chi connectivity index (χ0) is 17.6. The summed E-state index contributed by atoms with van der Waals surface area (Å²) in [5.41, 5.74) is 4.04. The molecule has 3 rings (SSSR count). The first kappa shape index (κ1) is 17.0. The third kappa shape index (κ3) is 4.59. The molecule has 0 aromatic heterocycles. The van der Waals surface area contributed by atoms with E-state index in [-0.39, 0.29) is 18.4 Å². The molecular weight excluding hydrogens is 316 g/mol. The van der Waals surface area contributed by atoms with Gasteiger partial charge in [0.1, 0.15) is 5.75 Å². The van der Waals surface area contributed by atoms with Crippen LogP contribution in [0.2, 0.25) is 0 Å². The molecule has 0 unspecified atom stereocenters. The van der Waals surface area contributed by atoms with Gasteiger partial charge in [-0.25, -0.2) is 0 Å². The summed E-state index contributed by atoms with van der Waals surface area (Å²) in [6, 6.07) is 13.9. The topological polar surface area (TPSA) is 67.4 Å². The highest BCUT2D eigenvalue weighted by atomic mass is 16.5. The number of aryl methyl sites for hydroxylation is 2. The number of fused-ring (bicyclic) bond motifs is 1. The number of rotatable bonds is 6. The number of carbonyl (C=O) groups is 2. The van der Waals surface area contributed by atoms with Crippen LogP contribution in [-0.2, 0) is 29.0 Å². The second-order valence-corrected chi connectivity index (χ2v) is 6.11. The Morgan fingerprint density at radius 3 is 2.60 bits per heavy atom. The van der Waals surface area contributed by atoms with Gasteiger partial charge in [-0.1, -0.05) is 37.3 Å². The number of benzene rings is 2. The molecule has 0 radical (unpaired) electrons. The maximum Gasteiger partial charge on any atom is 0.262 e. The van der Waals surface area contributed by atoms with Gasteiger partial charge < -0.3 is 15.4 Å². The third-order valence-corrected chi connectivity index (χ3v) is 4.24. The van der Waals surface area contributed by atoms with E-state index in [9.17, 15) is 9.59 Å². The molecule has 0 bridgehead atoms. The molecule has 130 valence electrons. The Morgan fingerprint density at radius 2 is 1.84 bits per heavy atom. The lowest BCUT2D eigenvalue weighted by molar-refractivity contribution is -0.121. The lowest BCUT2D eigenvalue weighted by Crippen LogP contribution is -2.26. The van der Waals surface area contributed by atoms with E-state index in [1.165, 1.54) is 11.1 Å². The van der Waals surface area contributed by atoms with Crippen molar-refractivity contribution in [1.29, 1.82) is 0 Å². The Kier molecular flexibility index (Phi) is 5.33. The van der Waals surface area contributed by atoms with Gasteiger partial charge in [-0.15, -0.1) is 0 Å². The van der Waals surface area contributed by atoms with E-state index < -0.39 is 0 Å². The smallest absolute Gasteiger partial charge is 0.262 e. The van der Waals surface area contributed by atoms with Crippen molar-refractivity contribution in [3.8, 4) is 5.75 Å². The summed E-state index contributed by atoms with van der Waals surface area (Å²) < 4.78 is 5.32. The second-order valence-electron chi connectivity index (χ2n) is 6.11. The number of ether oxygens (including phenoxy) is 1. The standard InChI is InChI=1S/C20H22N2O3/c1-2-14-3-5-15(6-4-14)8-10-19(23)21-12-16-7-9-18-17(11-16)22-20(24)13-25-18/h3-7,9,11H,2,8,10,12-13H2,1H3,(H,21,23)(H,22,24). The quantitative estimate of drug-likeness (QED) is 0.851. The van der Waals surface area contributed by atoms with Gasteiger partial charge in [0.05, 0.1) is 5.69 Å². The molecule has 1 heterocycles. The summed E-state index contributed by atoms with van der Waals surface area (Å²) in [7, 11) is 0. The predicted octanol–water partition coefficient (Wildman–Crippen LogP) is 2.83. The first-order valence-corrected chi connectivity index (χ1v) is 8.54. The number of anilines is 1. The van der Waals surface area contributed by atoms with E-state index >= 15 is 0 Å². The summed E-state index contributed by atoms with van der Waals surface area (Å²) in [5.74, 6) is 0.505. The Balaban J connectivity index is 1.48. The molecule has 25 heavy (non-hydrogen) atoms. The van der Waals surface area contributed by atoms with Gasteiger partial charge in [0.2, 0.25) is 5.91 Å². The molecule has 1 aliphatic rings. The van der Waals surface area contributed by atoms with Gasteiger partial charge >= 0.3 is 0 Å². The minimum Gasteiger partial charge on any atom is -0.482 e. The minimum atomic E-state index is -0.164. The van der Waals surface area contributed by atoms with Gasteiger partial charge in [0.15, 0.2) is 6.61 Å². The SMILES string of the molecule is CCc1ccc(CCC(=O)NCc2ccc3c(c2)NC(=O)CO3)cc1. The van der Waals surface area contributed by atoms with Crippen molar-refractivity contribution in [2.24, 2.45) is 0 Å². The van der Waals surface area contributed by atoms with Gasteiger partial charge in [-0.05, 0) is 41.7 Å². The Morgan fingerprint density at radius 1 is 1.12 bits per heavy atom. The Labute approximate surface area is 147 Å². The molecule has 5 nitrogen and oxygen atoms in total. The van der Waals surface area contributed by atoms with E-state index in [1.54, 1.807) is 0 Å². The zero-order valence-corrected chi connectivity index (χ0v) is 14.3. The van der Waals surface area contributed by atoms with Crippen molar-refractivity contribution in [3.05, 3.63) is 59.2 Å². The minimum absolute atomic E-state index is 0.0116. The van der Waals surface area contributed by atoms with Crippen LogP contribution >= 0.6 is 0 Å². The summed E-state index contributed by atoms with van der Waals surface area (Å²) >= 11 is 0. The number of hydrogen-bond acceptors (Lipinski definition) is 3. The van der Waals surface area contributed by atoms with Gasteiger partial charge in [0.25, 0.3) is 5.91 Å². The number of amides is 2. The van der Waals surface area contributed by atoms with Crippen LogP contribution in [0.5, 0.6) is 5.75 Å². The van der Waals surface area contributed by atoms with E-state index in [0.717, 1.165) is 18.4 Å². The van der Waals surface area contributed by atoms with Crippen molar-refractivity contribution in [2.75, 3.05) is 11.9 Å². The number of nitrogens with one attached hydrogen (secondary N) is 2. The van der Waals surface area contributed by atoms with Crippen molar-refractivity contribution < 1.29 is 14.3 Å². The zero-order valence-electron chi connectivity index (χ0n) is 14.3. The van der Waals surface area contributed by atoms with Crippen LogP contribution in [0.15, 0.2) is 42.5 Å². The fraction of sp³-hybridized carbons (Fsp3) is 0.300. The lowest BCUT2D eigenvalue weighted by atomic mass is 10.1. The van der Waals surface area contributed by atoms with Gasteiger partial charge in [-0.3, -0.25) is 9.59 Å². The fourth-order valence-corrected chi connectivity index (χ4v) is 2.73. The van der Waals surface area contributed by atoms with E-state index in [1.807, 2.05) is 18.2 Å². The average molecular weight is 338 g/mol. The summed E-state index contributed by atoms with van der Waals surface area (Å²) in [6.45, 7) is 2.60. The monoisotopic (exact) mass is 338 g/mol. The highest BCUT2D eigenvalue weighted by Crippen LogP contribution is 2.28. The van der Waals surface area contributed by atoms with Crippen LogP contribution in [0.25, 0.3) is 0 Å². The van der Waals surface area contributed by atoms with Crippen molar-refractivity contribution in [2.45, 2.75) is 32.7 Å². The molecular formula is C20H22N2O3. The van der Waals surface area contributed by atoms with Crippen LogP contribution in [0.4, 0.5) is 5.69 Å². The first-order chi connectivity index (χ1) is 12.1. The number of hydrogen-bond donors (Lipinski definition) is 2. The maximum atomic E-state index is 12.0. The highest BCUT2D eigenvalue weighted by Gasteiger charge is 2.15. The molecule has 2 amide bonds. The molecule has 0 aliphatic carbocycles. The largest absolute Gasteiger partial charge is 0.482 e. The number of carbonyl (C=O) groups excluding carboxylic acids is 2. The van der Waals surface area contributed by atoms with E-state index in [0.29, 0.717) is 24.4 Å². The van der Waals surface area contributed by atoms with Crippen LogP contribution in [0, 0.1) is 0 Å². The maximum absolute atomic E-state index is 12.0. The van der Waals surface area contributed by atoms with Crippen molar-refractivity contribution >= 4 is 17.5 Å².